The van der Waals surface area contributed by atoms with Crippen LogP contribution < -0.4 is 10.3 Å². The summed E-state index contributed by atoms with van der Waals surface area (Å²) < 4.78 is 37.7. The molecule has 0 saturated heterocycles. The summed E-state index contributed by atoms with van der Waals surface area (Å²) in [6.07, 6.45) is 1.31. The Labute approximate surface area is 146 Å². The predicted octanol–water partition coefficient (Wildman–Crippen LogP) is 1.84. The number of nitrogens with zero attached hydrogens (tertiary/aromatic N) is 1. The van der Waals surface area contributed by atoms with Crippen molar-refractivity contribution in [3.8, 4) is 0 Å². The van der Waals surface area contributed by atoms with Gasteiger partial charge in [-0.2, -0.15) is 0 Å². The van der Waals surface area contributed by atoms with Crippen LogP contribution in [0.25, 0.3) is 10.9 Å². The Kier molecular flexibility index (Phi) is 4.40. The maximum Gasteiger partial charge on any atom is 0.270 e. The molecule has 0 spiro atoms. The Morgan fingerprint density at radius 3 is 2.69 bits per heavy atom. The number of nitro groups is 1. The molecule has 1 amide bonds. The van der Waals surface area contributed by atoms with Gasteiger partial charge in [0.1, 0.15) is 5.82 Å². The van der Waals surface area contributed by atoms with Gasteiger partial charge in [0.2, 0.25) is 0 Å². The first-order valence-electron chi connectivity index (χ1n) is 7.11. The molecule has 1 aromatic heterocycles. The molecule has 134 valence electrons. The van der Waals surface area contributed by atoms with E-state index in [4.69, 9.17) is 0 Å². The maximum atomic E-state index is 13.3. The van der Waals surface area contributed by atoms with Gasteiger partial charge in [0, 0.05) is 29.2 Å². The Bertz CT molecular complexity index is 1130. The van der Waals surface area contributed by atoms with E-state index in [2.05, 4.69) is 4.98 Å². The highest BCUT2D eigenvalue weighted by Crippen LogP contribution is 2.20. The van der Waals surface area contributed by atoms with Crippen molar-refractivity contribution >= 4 is 32.5 Å². The molecule has 11 heteroatoms. The zero-order chi connectivity index (χ0) is 18.9. The summed E-state index contributed by atoms with van der Waals surface area (Å²) in [5.74, 6) is -1.38. The number of hydrazine groups is 1. The van der Waals surface area contributed by atoms with Gasteiger partial charge in [-0.3, -0.25) is 20.3 Å². The zero-order valence-corrected chi connectivity index (χ0v) is 13.7. The van der Waals surface area contributed by atoms with Crippen LogP contribution in [0.15, 0.2) is 53.6 Å². The number of halogens is 1. The summed E-state index contributed by atoms with van der Waals surface area (Å²) in [5, 5.41) is 11.0. The van der Waals surface area contributed by atoms with Crippen LogP contribution in [0.1, 0.15) is 10.4 Å². The number of fused-ring (bicyclic) bond motifs is 1. The van der Waals surface area contributed by atoms with Crippen LogP contribution in [-0.4, -0.2) is 24.2 Å². The molecule has 2 aromatic carbocycles. The van der Waals surface area contributed by atoms with Crippen molar-refractivity contribution < 1.29 is 22.5 Å². The molecule has 26 heavy (non-hydrogen) atoms. The number of hydrogen-bond acceptors (Lipinski definition) is 5. The minimum atomic E-state index is -4.23. The maximum absolute atomic E-state index is 13.3. The number of hydrogen-bond donors (Lipinski definition) is 3. The summed E-state index contributed by atoms with van der Waals surface area (Å²) in [5.41, 5.74) is 2.11. The standard InChI is InChI=1S/C15H11FN4O5S/c16-9-4-5-14-12(6-9)13(8-17-14)15(21)18-19-26(24,25)11-3-1-2-10(7-11)20(22)23/h1-8,17,19H,(H,18,21). The second-order valence-electron chi connectivity index (χ2n) is 5.21. The second-order valence-corrected chi connectivity index (χ2v) is 6.89. The molecule has 0 radical (unpaired) electrons. The lowest BCUT2D eigenvalue weighted by Gasteiger charge is -2.08. The number of sulfonamides is 1. The molecule has 3 aromatic rings. The summed E-state index contributed by atoms with van der Waals surface area (Å²) in [4.78, 5) is 26.4. The SMILES string of the molecule is O=C(NNS(=O)(=O)c1cccc([N+](=O)[O-])c1)c1c[nH]c2ccc(F)cc12. The summed E-state index contributed by atoms with van der Waals surface area (Å²) in [7, 11) is -4.23. The lowest BCUT2D eigenvalue weighted by molar-refractivity contribution is -0.385. The van der Waals surface area contributed by atoms with Gasteiger partial charge in [-0.15, -0.1) is 4.83 Å². The van der Waals surface area contributed by atoms with Crippen LogP contribution >= 0.6 is 0 Å². The number of amides is 1. The third-order valence-corrected chi connectivity index (χ3v) is 4.77. The Morgan fingerprint density at radius 1 is 1.19 bits per heavy atom. The summed E-state index contributed by atoms with van der Waals surface area (Å²) >= 11 is 0. The van der Waals surface area contributed by atoms with Crippen molar-refractivity contribution in [3.05, 3.63) is 70.2 Å². The molecule has 0 bridgehead atoms. The first-order valence-corrected chi connectivity index (χ1v) is 8.59. The van der Waals surface area contributed by atoms with E-state index in [0.717, 1.165) is 24.3 Å². The Morgan fingerprint density at radius 2 is 1.96 bits per heavy atom. The normalized spacial score (nSPS) is 11.4. The summed E-state index contributed by atoms with van der Waals surface area (Å²) in [6, 6.07) is 8.13. The number of carbonyl (C=O) groups is 1. The smallest absolute Gasteiger partial charge is 0.270 e. The molecule has 9 nitrogen and oxygen atoms in total. The highest BCUT2D eigenvalue weighted by Gasteiger charge is 2.20. The number of nitro benzene ring substituents is 1. The van der Waals surface area contributed by atoms with Crippen molar-refractivity contribution in [3.63, 3.8) is 0 Å². The van der Waals surface area contributed by atoms with Crippen molar-refractivity contribution in [1.29, 1.82) is 0 Å². The van der Waals surface area contributed by atoms with Crippen molar-refractivity contribution in [2.24, 2.45) is 0 Å². The van der Waals surface area contributed by atoms with E-state index in [1.165, 1.54) is 24.4 Å². The van der Waals surface area contributed by atoms with E-state index in [-0.39, 0.29) is 10.9 Å². The number of carbonyl (C=O) groups excluding carboxylic acids is 1. The van der Waals surface area contributed by atoms with Gasteiger partial charge in [-0.1, -0.05) is 6.07 Å². The molecule has 0 aliphatic heterocycles. The van der Waals surface area contributed by atoms with Gasteiger partial charge in [0.25, 0.3) is 21.6 Å². The predicted molar refractivity (Wildman–Crippen MR) is 89.1 cm³/mol. The van der Waals surface area contributed by atoms with Crippen LogP contribution in [0.4, 0.5) is 10.1 Å². The van der Waals surface area contributed by atoms with E-state index < -0.39 is 37.3 Å². The molecule has 1 heterocycles. The third-order valence-electron chi connectivity index (χ3n) is 3.53. The fraction of sp³-hybridized carbons (Fsp3) is 0. The molecule has 0 unspecified atom stereocenters. The van der Waals surface area contributed by atoms with Crippen LogP contribution in [0.5, 0.6) is 0 Å². The molecule has 0 aliphatic carbocycles. The quantitative estimate of drug-likeness (QED) is 0.460. The van der Waals surface area contributed by atoms with Crippen molar-refractivity contribution in [2.75, 3.05) is 0 Å². The first kappa shape index (κ1) is 17.5. The first-order chi connectivity index (χ1) is 12.3. The Hall–Kier alpha value is -3.31. The third kappa shape index (κ3) is 3.38. The van der Waals surface area contributed by atoms with Gasteiger partial charge in [0.05, 0.1) is 15.4 Å². The van der Waals surface area contributed by atoms with Crippen LogP contribution in [0, 0.1) is 15.9 Å². The van der Waals surface area contributed by atoms with E-state index in [1.54, 1.807) is 0 Å². The molecule has 0 aliphatic rings. The van der Waals surface area contributed by atoms with Crippen molar-refractivity contribution in [1.82, 2.24) is 15.2 Å². The number of non-ortho nitro benzene ring substituents is 1. The fourth-order valence-corrected chi connectivity index (χ4v) is 3.16. The van der Waals surface area contributed by atoms with E-state index in [0.29, 0.717) is 5.52 Å². The van der Waals surface area contributed by atoms with Crippen LogP contribution in [0.3, 0.4) is 0 Å². The van der Waals surface area contributed by atoms with E-state index >= 15 is 0 Å². The highest BCUT2D eigenvalue weighted by atomic mass is 32.2. The number of aromatic amines is 1. The van der Waals surface area contributed by atoms with Crippen molar-refractivity contribution in [2.45, 2.75) is 4.90 Å². The largest absolute Gasteiger partial charge is 0.360 e. The monoisotopic (exact) mass is 378 g/mol. The molecule has 0 fully saturated rings. The number of aromatic nitrogens is 1. The molecular weight excluding hydrogens is 367 g/mol. The topological polar surface area (TPSA) is 134 Å². The van der Waals surface area contributed by atoms with Crippen LogP contribution in [0.2, 0.25) is 0 Å². The number of benzene rings is 2. The number of nitrogens with one attached hydrogen (secondary N) is 3. The van der Waals surface area contributed by atoms with Gasteiger partial charge >= 0.3 is 0 Å². The molecule has 0 saturated carbocycles. The van der Waals surface area contributed by atoms with E-state index in [9.17, 15) is 27.7 Å². The lowest BCUT2D eigenvalue weighted by atomic mass is 10.1. The molecular formula is C15H11FN4O5S. The average Bonchev–Trinajstić information content (AvgIpc) is 3.03. The lowest BCUT2D eigenvalue weighted by Crippen LogP contribution is -2.41. The number of H-pyrrole nitrogens is 1. The number of rotatable bonds is 5. The molecule has 3 N–H and O–H groups in total. The highest BCUT2D eigenvalue weighted by molar-refractivity contribution is 7.89. The van der Waals surface area contributed by atoms with Gasteiger partial charge in [-0.05, 0) is 24.3 Å². The van der Waals surface area contributed by atoms with Gasteiger partial charge in [-0.25, -0.2) is 12.8 Å². The van der Waals surface area contributed by atoms with E-state index in [1.807, 2.05) is 10.3 Å². The van der Waals surface area contributed by atoms with Crippen LogP contribution in [-0.2, 0) is 10.0 Å². The van der Waals surface area contributed by atoms with Gasteiger partial charge in [0.15, 0.2) is 0 Å². The summed E-state index contributed by atoms with van der Waals surface area (Å²) in [6.45, 7) is 0. The Balaban J connectivity index is 1.81. The second kappa shape index (κ2) is 6.54. The average molecular weight is 378 g/mol. The molecule has 0 atom stereocenters. The minimum Gasteiger partial charge on any atom is -0.360 e. The minimum absolute atomic E-state index is 0.0289. The molecule has 3 rings (SSSR count). The zero-order valence-electron chi connectivity index (χ0n) is 12.9. The fourth-order valence-electron chi connectivity index (χ4n) is 2.28. The van der Waals surface area contributed by atoms with Gasteiger partial charge < -0.3 is 4.98 Å².